The molecule has 0 unspecified atom stereocenters. The van der Waals surface area contributed by atoms with Crippen molar-refractivity contribution in [3.63, 3.8) is 0 Å². The predicted octanol–water partition coefficient (Wildman–Crippen LogP) is 1.72. The number of carbonyl (C=O) groups is 1. The lowest BCUT2D eigenvalue weighted by Gasteiger charge is -2.37. The topological polar surface area (TPSA) is 116 Å². The molecular weight excluding hydrogens is 304 g/mol. The first kappa shape index (κ1) is 13.7. The van der Waals surface area contributed by atoms with Crippen LogP contribution < -0.4 is 4.74 Å². The zero-order valence-corrected chi connectivity index (χ0v) is 11.7. The van der Waals surface area contributed by atoms with Crippen LogP contribution in [0.3, 0.4) is 0 Å². The summed E-state index contributed by atoms with van der Waals surface area (Å²) in [5, 5.41) is 38.7. The molecule has 4 rings (SSSR count). The van der Waals surface area contributed by atoms with Gasteiger partial charge in [-0.3, -0.25) is 4.79 Å². The first-order valence-electron chi connectivity index (χ1n) is 6.89. The lowest BCUT2D eigenvalue weighted by molar-refractivity contribution is -0.0427. The molecule has 118 valence electrons. The first-order valence-corrected chi connectivity index (χ1v) is 6.89. The molecule has 2 aromatic rings. The molecule has 0 bridgehead atoms. The normalized spacial score (nSPS) is 21.8. The smallest absolute Gasteiger partial charge is 0.203 e. The minimum atomic E-state index is -0.977. The fourth-order valence-electron chi connectivity index (χ4n) is 3.00. The average molecular weight is 316 g/mol. The Hall–Kier alpha value is -2.93. The van der Waals surface area contributed by atoms with Crippen molar-refractivity contribution in [3.8, 4) is 28.7 Å². The van der Waals surface area contributed by atoms with E-state index in [1.807, 2.05) is 0 Å². The molecule has 2 heterocycles. The first-order chi connectivity index (χ1) is 11.0. The van der Waals surface area contributed by atoms with Gasteiger partial charge in [-0.1, -0.05) is 0 Å². The Labute approximate surface area is 130 Å². The monoisotopic (exact) mass is 316 g/mol. The Balaban J connectivity index is 1.87. The van der Waals surface area contributed by atoms with Crippen LogP contribution in [0.25, 0.3) is 0 Å². The number of carbonyl (C=O) groups excluding carboxylic acids is 1. The molecule has 2 aliphatic heterocycles. The van der Waals surface area contributed by atoms with Gasteiger partial charge in [0.05, 0.1) is 6.61 Å². The van der Waals surface area contributed by atoms with Gasteiger partial charge < -0.3 is 29.9 Å². The number of Topliss-reactive ketones (excluding diaryl/α,β-unsaturated/α-hetero) is 1. The Morgan fingerprint density at radius 1 is 0.913 bits per heavy atom. The van der Waals surface area contributed by atoms with Crippen LogP contribution in [0.1, 0.15) is 27.6 Å². The highest BCUT2D eigenvalue weighted by atomic mass is 16.6. The molecule has 0 amide bonds. The molecule has 2 aliphatic rings. The summed E-state index contributed by atoms with van der Waals surface area (Å²) < 4.78 is 11.2. The quantitative estimate of drug-likeness (QED) is 0.547. The number of fused-ring (bicyclic) bond motifs is 4. The van der Waals surface area contributed by atoms with Crippen LogP contribution in [0, 0.1) is 0 Å². The highest BCUT2D eigenvalue weighted by molar-refractivity contribution is 6.06. The van der Waals surface area contributed by atoms with E-state index < -0.39 is 18.0 Å². The minimum absolute atomic E-state index is 0.0396. The van der Waals surface area contributed by atoms with E-state index in [4.69, 9.17) is 9.47 Å². The van der Waals surface area contributed by atoms with Crippen molar-refractivity contribution in [1.29, 1.82) is 0 Å². The summed E-state index contributed by atoms with van der Waals surface area (Å²) in [6, 6.07) is 4.97. The van der Waals surface area contributed by atoms with E-state index in [9.17, 15) is 25.2 Å². The molecule has 0 spiro atoms. The van der Waals surface area contributed by atoms with Crippen LogP contribution >= 0.6 is 0 Å². The van der Waals surface area contributed by atoms with Gasteiger partial charge in [-0.15, -0.1) is 0 Å². The third-order valence-electron chi connectivity index (χ3n) is 4.06. The summed E-state index contributed by atoms with van der Waals surface area (Å²) in [6.45, 7) is 0.0631. The molecule has 2 atom stereocenters. The summed E-state index contributed by atoms with van der Waals surface area (Å²) in [7, 11) is 0. The standard InChI is InChI=1S/C16H12O7/c17-7-2-11(20)13-12(3-7)23-15-8-4-10(19)9(18)1-6(8)5-22-16(15)14(13)21/h1-4,15-20H,5H2/t15-,16-/m0/s1. The van der Waals surface area contributed by atoms with Crippen molar-refractivity contribution in [2.75, 3.05) is 0 Å². The molecule has 0 radical (unpaired) electrons. The second kappa shape index (κ2) is 4.53. The fourth-order valence-corrected chi connectivity index (χ4v) is 3.00. The molecule has 2 aromatic carbocycles. The van der Waals surface area contributed by atoms with Crippen LogP contribution in [-0.2, 0) is 11.3 Å². The number of aromatic hydroxyl groups is 4. The summed E-state index contributed by atoms with van der Waals surface area (Å²) >= 11 is 0. The summed E-state index contributed by atoms with van der Waals surface area (Å²) in [5.74, 6) is -1.66. The van der Waals surface area contributed by atoms with Crippen LogP contribution in [0.15, 0.2) is 24.3 Å². The number of benzene rings is 2. The van der Waals surface area contributed by atoms with Gasteiger partial charge in [-0.2, -0.15) is 0 Å². The van der Waals surface area contributed by atoms with E-state index in [1.54, 1.807) is 0 Å². The Morgan fingerprint density at radius 3 is 2.43 bits per heavy atom. The van der Waals surface area contributed by atoms with Gasteiger partial charge in [-0.25, -0.2) is 0 Å². The van der Waals surface area contributed by atoms with Crippen LogP contribution in [0.2, 0.25) is 0 Å². The fraction of sp³-hybridized carbons (Fsp3) is 0.188. The second-order valence-corrected chi connectivity index (χ2v) is 5.51. The minimum Gasteiger partial charge on any atom is -0.508 e. The second-order valence-electron chi connectivity index (χ2n) is 5.51. The molecule has 4 N–H and O–H groups in total. The van der Waals surface area contributed by atoms with Crippen molar-refractivity contribution < 1.29 is 34.7 Å². The SMILES string of the molecule is O=C1c2c(O)cc(O)cc2O[C@H]2c3cc(O)c(O)cc3CO[C@@H]12. The zero-order chi connectivity index (χ0) is 16.3. The predicted molar refractivity (Wildman–Crippen MR) is 75.8 cm³/mol. The molecule has 0 saturated carbocycles. The van der Waals surface area contributed by atoms with E-state index in [0.29, 0.717) is 11.1 Å². The van der Waals surface area contributed by atoms with Crippen molar-refractivity contribution in [2.24, 2.45) is 0 Å². The lowest BCUT2D eigenvalue weighted by Crippen LogP contribution is -2.41. The molecule has 0 fully saturated rings. The Bertz CT molecular complexity index is 843. The van der Waals surface area contributed by atoms with Crippen molar-refractivity contribution >= 4 is 5.78 Å². The van der Waals surface area contributed by atoms with Crippen LogP contribution in [0.4, 0.5) is 0 Å². The number of hydrogen-bond donors (Lipinski definition) is 4. The Kier molecular flexibility index (Phi) is 2.70. The highest BCUT2D eigenvalue weighted by Crippen LogP contribution is 2.46. The van der Waals surface area contributed by atoms with Crippen molar-refractivity contribution in [3.05, 3.63) is 41.0 Å². The van der Waals surface area contributed by atoms with Crippen LogP contribution in [0.5, 0.6) is 28.7 Å². The summed E-state index contributed by atoms with van der Waals surface area (Å²) in [5.41, 5.74) is 1.05. The van der Waals surface area contributed by atoms with Gasteiger partial charge in [0, 0.05) is 17.7 Å². The lowest BCUT2D eigenvalue weighted by atomic mass is 9.88. The third kappa shape index (κ3) is 1.90. The number of rotatable bonds is 0. The molecular formula is C16H12O7. The van der Waals surface area contributed by atoms with E-state index in [0.717, 1.165) is 6.07 Å². The van der Waals surface area contributed by atoms with Gasteiger partial charge in [0.25, 0.3) is 0 Å². The third-order valence-corrected chi connectivity index (χ3v) is 4.06. The largest absolute Gasteiger partial charge is 0.508 e. The van der Waals surface area contributed by atoms with E-state index in [2.05, 4.69) is 0 Å². The van der Waals surface area contributed by atoms with Gasteiger partial charge in [0.2, 0.25) is 5.78 Å². The molecule has 7 heteroatoms. The van der Waals surface area contributed by atoms with E-state index in [1.165, 1.54) is 18.2 Å². The van der Waals surface area contributed by atoms with Crippen LogP contribution in [-0.4, -0.2) is 32.3 Å². The summed E-state index contributed by atoms with van der Waals surface area (Å²) in [4.78, 5) is 12.6. The van der Waals surface area contributed by atoms with Gasteiger partial charge >= 0.3 is 0 Å². The Morgan fingerprint density at radius 2 is 1.65 bits per heavy atom. The van der Waals surface area contributed by atoms with Crippen molar-refractivity contribution in [1.82, 2.24) is 0 Å². The highest BCUT2D eigenvalue weighted by Gasteiger charge is 2.44. The van der Waals surface area contributed by atoms with E-state index in [-0.39, 0.29) is 40.9 Å². The molecule has 0 saturated heterocycles. The average Bonchev–Trinajstić information content (AvgIpc) is 2.48. The number of ketones is 1. The van der Waals surface area contributed by atoms with Crippen molar-refractivity contribution in [2.45, 2.75) is 18.8 Å². The number of phenolic OH excluding ortho intramolecular Hbond substituents is 4. The number of ether oxygens (including phenoxy) is 2. The molecule has 7 nitrogen and oxygen atoms in total. The van der Waals surface area contributed by atoms with Gasteiger partial charge in [-0.05, 0) is 17.7 Å². The maximum Gasteiger partial charge on any atom is 0.203 e. The molecule has 23 heavy (non-hydrogen) atoms. The van der Waals surface area contributed by atoms with E-state index >= 15 is 0 Å². The molecule has 0 aliphatic carbocycles. The van der Waals surface area contributed by atoms with Gasteiger partial charge in [0.1, 0.15) is 22.8 Å². The molecule has 0 aromatic heterocycles. The summed E-state index contributed by atoms with van der Waals surface area (Å²) in [6.07, 6.45) is -1.82. The van der Waals surface area contributed by atoms with Gasteiger partial charge in [0.15, 0.2) is 23.7 Å². The maximum atomic E-state index is 12.6. The number of hydrogen-bond acceptors (Lipinski definition) is 7. The number of phenols is 4. The maximum absolute atomic E-state index is 12.6. The zero-order valence-electron chi connectivity index (χ0n) is 11.7.